The molecule has 2 aliphatic heterocycles. The molecule has 2 aliphatic rings. The van der Waals surface area contributed by atoms with Gasteiger partial charge in [-0.1, -0.05) is 18.2 Å². The van der Waals surface area contributed by atoms with Crippen LogP contribution in [0.5, 0.6) is 5.75 Å². The Labute approximate surface area is 208 Å². The van der Waals surface area contributed by atoms with Crippen LogP contribution < -0.4 is 10.1 Å². The average Bonchev–Trinajstić information content (AvgIpc) is 2.75. The van der Waals surface area contributed by atoms with E-state index < -0.39 is 43.2 Å². The van der Waals surface area contributed by atoms with Crippen molar-refractivity contribution in [2.75, 3.05) is 19.8 Å². The van der Waals surface area contributed by atoms with Gasteiger partial charge >= 0.3 is 43.1 Å². The standard InChI is InChI=1S/C20H25N2O8P.Na.H/c1-3-29-31(27,30-4-2)15-11-10-14-17(19(24)22(14)18(15)20(25)26)21-16(23)12-28-13-8-6-5-7-9-13;;/h5-9,14,17H,3-4,10-12H2,1-2H3,(H,21,23)(H,25,26);;. The molecule has 0 radical (unpaired) electrons. The van der Waals surface area contributed by atoms with E-state index in [4.69, 9.17) is 13.8 Å². The molecule has 0 aliphatic carbocycles. The molecule has 12 heteroatoms. The SMILES string of the molecule is CCOP(=O)(OCC)C1=C(C(=O)O)N2C(=O)C(NC(=O)COc3ccccc3)C2CC1.[NaH]. The molecule has 1 aromatic carbocycles. The molecule has 2 unspecified atom stereocenters. The molecule has 0 saturated carbocycles. The molecule has 2 amide bonds. The number of carboxylic acids is 1. The summed E-state index contributed by atoms with van der Waals surface area (Å²) in [5.41, 5.74) is -0.391. The first-order valence-corrected chi connectivity index (χ1v) is 11.5. The van der Waals surface area contributed by atoms with Gasteiger partial charge in [-0.2, -0.15) is 0 Å². The first-order chi connectivity index (χ1) is 14.8. The van der Waals surface area contributed by atoms with Crippen LogP contribution >= 0.6 is 7.60 Å². The quantitative estimate of drug-likeness (QED) is 0.295. The van der Waals surface area contributed by atoms with Gasteiger partial charge in [0.15, 0.2) is 6.61 Å². The third-order valence-corrected chi connectivity index (χ3v) is 7.26. The van der Waals surface area contributed by atoms with E-state index in [2.05, 4.69) is 5.32 Å². The van der Waals surface area contributed by atoms with Gasteiger partial charge in [0.05, 0.1) is 24.6 Å². The van der Waals surface area contributed by atoms with Crippen molar-refractivity contribution in [2.45, 2.75) is 38.8 Å². The Morgan fingerprint density at radius 2 is 1.81 bits per heavy atom. The maximum atomic E-state index is 13.2. The van der Waals surface area contributed by atoms with Crippen molar-refractivity contribution in [3.63, 3.8) is 0 Å². The molecule has 0 aromatic heterocycles. The van der Waals surface area contributed by atoms with Crippen LogP contribution in [0.1, 0.15) is 26.7 Å². The van der Waals surface area contributed by atoms with Crippen LogP contribution in [0.4, 0.5) is 0 Å². The van der Waals surface area contributed by atoms with Crippen molar-refractivity contribution in [3.05, 3.63) is 41.3 Å². The van der Waals surface area contributed by atoms with Crippen molar-refractivity contribution in [2.24, 2.45) is 0 Å². The summed E-state index contributed by atoms with van der Waals surface area (Å²) in [4.78, 5) is 38.0. The van der Waals surface area contributed by atoms with Gasteiger partial charge in [0.25, 0.3) is 11.8 Å². The van der Waals surface area contributed by atoms with E-state index in [9.17, 15) is 24.1 Å². The zero-order chi connectivity index (χ0) is 22.6. The number of carbonyl (C=O) groups excluding carboxylic acids is 2. The van der Waals surface area contributed by atoms with Gasteiger partial charge in [-0.05, 0) is 38.8 Å². The minimum atomic E-state index is -3.86. The van der Waals surface area contributed by atoms with Crippen LogP contribution in [-0.4, -0.2) is 89.3 Å². The van der Waals surface area contributed by atoms with E-state index in [1.165, 1.54) is 0 Å². The molecule has 10 nitrogen and oxygen atoms in total. The zero-order valence-electron chi connectivity index (χ0n) is 17.3. The Morgan fingerprint density at radius 1 is 1.19 bits per heavy atom. The van der Waals surface area contributed by atoms with Gasteiger partial charge in [0.1, 0.15) is 17.5 Å². The van der Waals surface area contributed by atoms with Crippen LogP contribution in [0.2, 0.25) is 0 Å². The number of amides is 2. The third kappa shape index (κ3) is 5.44. The molecule has 32 heavy (non-hydrogen) atoms. The Balaban J connectivity index is 0.00000363. The van der Waals surface area contributed by atoms with E-state index in [1.54, 1.807) is 38.1 Å². The molecule has 0 spiro atoms. The predicted octanol–water partition coefficient (Wildman–Crippen LogP) is 1.47. The molecule has 2 atom stereocenters. The fraction of sp³-hybridized carbons (Fsp3) is 0.450. The van der Waals surface area contributed by atoms with E-state index in [0.717, 1.165) is 4.90 Å². The van der Waals surface area contributed by atoms with Crippen LogP contribution in [-0.2, 0) is 28.0 Å². The maximum absolute atomic E-state index is 13.2. The number of nitrogens with zero attached hydrogens (tertiary/aromatic N) is 1. The number of β-lactam (4-membered cyclic amide) rings is 1. The van der Waals surface area contributed by atoms with Gasteiger partial charge in [0, 0.05) is 0 Å². The molecule has 1 saturated heterocycles. The number of carbonyl (C=O) groups is 3. The summed E-state index contributed by atoms with van der Waals surface area (Å²) in [5, 5.41) is 12.3. The number of ether oxygens (including phenoxy) is 1. The summed E-state index contributed by atoms with van der Waals surface area (Å²) < 4.78 is 29.1. The number of rotatable bonds is 10. The second-order valence-electron chi connectivity index (χ2n) is 6.89. The van der Waals surface area contributed by atoms with Gasteiger partial charge in [-0.15, -0.1) is 0 Å². The molecule has 1 fully saturated rings. The molecule has 0 bridgehead atoms. The number of aliphatic carboxylic acids is 1. The Morgan fingerprint density at radius 3 is 2.38 bits per heavy atom. The molecule has 2 N–H and O–H groups in total. The zero-order valence-corrected chi connectivity index (χ0v) is 18.2. The van der Waals surface area contributed by atoms with Gasteiger partial charge in [-0.3, -0.25) is 19.1 Å². The van der Waals surface area contributed by atoms with Crippen LogP contribution in [0.25, 0.3) is 0 Å². The predicted molar refractivity (Wildman–Crippen MR) is 116 cm³/mol. The summed E-state index contributed by atoms with van der Waals surface area (Å²) in [6.07, 6.45) is 0.423. The fourth-order valence-electron chi connectivity index (χ4n) is 3.72. The summed E-state index contributed by atoms with van der Waals surface area (Å²) in [7, 11) is -3.86. The molecular weight excluding hydrogens is 450 g/mol. The van der Waals surface area contributed by atoms with Crippen molar-refractivity contribution in [1.29, 1.82) is 0 Å². The first-order valence-electron chi connectivity index (χ1n) is 9.98. The molecule has 170 valence electrons. The number of hydrogen-bond acceptors (Lipinski definition) is 7. The number of benzene rings is 1. The fourth-order valence-corrected chi connectivity index (χ4v) is 5.66. The summed E-state index contributed by atoms with van der Waals surface area (Å²) in [6.45, 7) is 3.08. The number of para-hydroxylation sites is 1. The second-order valence-corrected chi connectivity index (χ2v) is 8.95. The van der Waals surface area contributed by atoms with E-state index in [-0.39, 0.29) is 61.1 Å². The van der Waals surface area contributed by atoms with E-state index in [0.29, 0.717) is 12.2 Å². The van der Waals surface area contributed by atoms with E-state index >= 15 is 0 Å². The Bertz CT molecular complexity index is 929. The van der Waals surface area contributed by atoms with Crippen molar-refractivity contribution >= 4 is 54.9 Å². The number of carboxylic acid groups (broad SMARTS) is 1. The first kappa shape index (κ1) is 26.6. The van der Waals surface area contributed by atoms with Crippen molar-refractivity contribution in [3.8, 4) is 5.75 Å². The van der Waals surface area contributed by atoms with Gasteiger partial charge < -0.3 is 24.2 Å². The normalized spacial score (nSPS) is 20.1. The van der Waals surface area contributed by atoms with Gasteiger partial charge in [-0.25, -0.2) is 4.79 Å². The number of fused-ring (bicyclic) bond motifs is 1. The van der Waals surface area contributed by atoms with E-state index in [1.807, 2.05) is 6.07 Å². The molecule has 1 aromatic rings. The van der Waals surface area contributed by atoms with Gasteiger partial charge in [0.2, 0.25) is 0 Å². The molecule has 2 heterocycles. The molecule has 3 rings (SSSR count). The number of hydrogen-bond donors (Lipinski definition) is 2. The minimum absolute atomic E-state index is 0. The summed E-state index contributed by atoms with van der Waals surface area (Å²) in [6, 6.07) is 7.32. The van der Waals surface area contributed by atoms with Crippen molar-refractivity contribution in [1.82, 2.24) is 10.2 Å². The van der Waals surface area contributed by atoms with Crippen LogP contribution in [0.15, 0.2) is 41.3 Å². The van der Waals surface area contributed by atoms with Crippen LogP contribution in [0.3, 0.4) is 0 Å². The summed E-state index contributed by atoms with van der Waals surface area (Å²) in [5.74, 6) is -1.97. The third-order valence-electron chi connectivity index (χ3n) is 4.97. The van der Waals surface area contributed by atoms with Crippen LogP contribution in [0, 0.1) is 0 Å². The number of allylic oxidation sites excluding steroid dienone is 1. The monoisotopic (exact) mass is 476 g/mol. The molecular formula is C20H26N2NaO8P. The van der Waals surface area contributed by atoms with Crippen molar-refractivity contribution < 1.29 is 37.8 Å². The topological polar surface area (TPSA) is 131 Å². The Kier molecular flexibility index (Phi) is 9.51. The number of nitrogens with one attached hydrogen (secondary N) is 1. The average molecular weight is 476 g/mol. The second kappa shape index (κ2) is 11.4. The summed E-state index contributed by atoms with van der Waals surface area (Å²) >= 11 is 0. The Hall–Kier alpha value is -1.68.